The van der Waals surface area contributed by atoms with E-state index in [1.54, 1.807) is 11.3 Å². The predicted molar refractivity (Wildman–Crippen MR) is 79.4 cm³/mol. The van der Waals surface area contributed by atoms with Gasteiger partial charge in [-0.1, -0.05) is 6.08 Å². The van der Waals surface area contributed by atoms with Gasteiger partial charge >= 0.3 is 0 Å². The number of anilines is 1. The number of aryl methyl sites for hydroxylation is 1. The van der Waals surface area contributed by atoms with Gasteiger partial charge in [0.25, 0.3) is 0 Å². The lowest BCUT2D eigenvalue weighted by atomic mass is 10.2. The highest BCUT2D eigenvalue weighted by Crippen LogP contribution is 2.29. The molecule has 0 aliphatic heterocycles. The van der Waals surface area contributed by atoms with Crippen molar-refractivity contribution in [1.82, 2.24) is 9.55 Å². The number of nitrogens with one attached hydrogen (secondary N) is 1. The van der Waals surface area contributed by atoms with Crippen LogP contribution in [0.4, 0.5) is 5.13 Å². The molecule has 0 radical (unpaired) electrons. The van der Waals surface area contributed by atoms with Crippen LogP contribution in [0.15, 0.2) is 24.1 Å². The molecule has 1 N–H and O–H groups in total. The molecule has 2 aromatic heterocycles. The van der Waals surface area contributed by atoms with E-state index in [1.807, 2.05) is 6.08 Å². The van der Waals surface area contributed by atoms with Crippen LogP contribution in [0, 0.1) is 13.8 Å². The smallest absolute Gasteiger partial charge is 0.183 e. The van der Waals surface area contributed by atoms with Gasteiger partial charge in [0, 0.05) is 35.4 Å². The van der Waals surface area contributed by atoms with Crippen LogP contribution in [0.2, 0.25) is 0 Å². The van der Waals surface area contributed by atoms with E-state index >= 15 is 0 Å². The molecule has 0 amide bonds. The van der Waals surface area contributed by atoms with Crippen molar-refractivity contribution in [2.75, 3.05) is 11.9 Å². The summed E-state index contributed by atoms with van der Waals surface area (Å²) in [5, 5.41) is 6.28. The van der Waals surface area contributed by atoms with Gasteiger partial charge in [-0.2, -0.15) is 0 Å². The first-order valence-electron chi connectivity index (χ1n) is 6.14. The number of hydrogen-bond acceptors (Lipinski definition) is 3. The molecule has 0 bridgehead atoms. The van der Waals surface area contributed by atoms with Crippen molar-refractivity contribution in [2.45, 2.75) is 27.3 Å². The van der Waals surface area contributed by atoms with Crippen molar-refractivity contribution < 1.29 is 0 Å². The summed E-state index contributed by atoms with van der Waals surface area (Å²) in [6.07, 6.45) is 1.84. The van der Waals surface area contributed by atoms with Gasteiger partial charge < -0.3 is 9.88 Å². The van der Waals surface area contributed by atoms with Gasteiger partial charge in [-0.05, 0) is 26.8 Å². The van der Waals surface area contributed by atoms with E-state index in [2.05, 4.69) is 53.7 Å². The van der Waals surface area contributed by atoms with Crippen LogP contribution in [0.25, 0.3) is 11.3 Å². The van der Waals surface area contributed by atoms with Crippen LogP contribution in [0.3, 0.4) is 0 Å². The highest BCUT2D eigenvalue weighted by atomic mass is 32.1. The normalized spacial score (nSPS) is 10.6. The van der Waals surface area contributed by atoms with E-state index in [0.717, 1.165) is 23.9 Å². The molecule has 2 aromatic rings. The maximum atomic E-state index is 4.61. The second kappa shape index (κ2) is 5.40. The Morgan fingerprint density at radius 3 is 2.89 bits per heavy atom. The summed E-state index contributed by atoms with van der Waals surface area (Å²) in [4.78, 5) is 4.61. The quantitative estimate of drug-likeness (QED) is 0.829. The standard InChI is InChI=1S/C14H19N3S/c1-5-7-15-14-16-13(9-18-14)12-8-10(3)17(6-2)11(12)4/h5,8-9H,1,6-7H2,2-4H3,(H,15,16). The lowest BCUT2D eigenvalue weighted by molar-refractivity contribution is 0.719. The van der Waals surface area contributed by atoms with E-state index in [1.165, 1.54) is 17.0 Å². The van der Waals surface area contributed by atoms with Crippen molar-refractivity contribution in [3.63, 3.8) is 0 Å². The molecular formula is C14H19N3S. The minimum atomic E-state index is 0.751. The Bertz CT molecular complexity index is 551. The minimum absolute atomic E-state index is 0.751. The summed E-state index contributed by atoms with van der Waals surface area (Å²) in [6, 6.07) is 2.21. The third kappa shape index (κ3) is 2.34. The van der Waals surface area contributed by atoms with Gasteiger partial charge in [0.1, 0.15) is 0 Å². The fraction of sp³-hybridized carbons (Fsp3) is 0.357. The van der Waals surface area contributed by atoms with Crippen molar-refractivity contribution in [3.8, 4) is 11.3 Å². The van der Waals surface area contributed by atoms with E-state index in [0.29, 0.717) is 0 Å². The molecule has 18 heavy (non-hydrogen) atoms. The Morgan fingerprint density at radius 1 is 1.50 bits per heavy atom. The molecule has 0 fully saturated rings. The van der Waals surface area contributed by atoms with Crippen LogP contribution in [0.1, 0.15) is 18.3 Å². The molecule has 4 heteroatoms. The van der Waals surface area contributed by atoms with E-state index in [9.17, 15) is 0 Å². The number of aromatic nitrogens is 2. The van der Waals surface area contributed by atoms with Gasteiger partial charge in [0.05, 0.1) is 5.69 Å². The largest absolute Gasteiger partial charge is 0.358 e. The maximum absolute atomic E-state index is 4.61. The molecule has 0 saturated heterocycles. The van der Waals surface area contributed by atoms with Crippen molar-refractivity contribution in [2.24, 2.45) is 0 Å². The summed E-state index contributed by atoms with van der Waals surface area (Å²) in [5.41, 5.74) is 4.87. The monoisotopic (exact) mass is 261 g/mol. The topological polar surface area (TPSA) is 29.9 Å². The van der Waals surface area contributed by atoms with Crippen molar-refractivity contribution >= 4 is 16.5 Å². The molecule has 0 atom stereocenters. The van der Waals surface area contributed by atoms with Gasteiger partial charge in [0.2, 0.25) is 0 Å². The second-order valence-corrected chi connectivity index (χ2v) is 5.09. The zero-order valence-corrected chi connectivity index (χ0v) is 12.0. The highest BCUT2D eigenvalue weighted by Gasteiger charge is 2.12. The van der Waals surface area contributed by atoms with Crippen LogP contribution in [-0.2, 0) is 6.54 Å². The summed E-state index contributed by atoms with van der Waals surface area (Å²) in [7, 11) is 0. The van der Waals surface area contributed by atoms with Gasteiger partial charge in [-0.3, -0.25) is 0 Å². The van der Waals surface area contributed by atoms with Crippen LogP contribution < -0.4 is 5.32 Å². The first-order chi connectivity index (χ1) is 8.67. The Balaban J connectivity index is 2.31. The third-order valence-corrected chi connectivity index (χ3v) is 3.87. The molecule has 0 unspecified atom stereocenters. The van der Waals surface area contributed by atoms with E-state index < -0.39 is 0 Å². The molecule has 0 aliphatic rings. The highest BCUT2D eigenvalue weighted by molar-refractivity contribution is 7.14. The fourth-order valence-corrected chi connectivity index (χ4v) is 2.91. The summed E-state index contributed by atoms with van der Waals surface area (Å²) < 4.78 is 2.31. The first-order valence-corrected chi connectivity index (χ1v) is 7.02. The van der Waals surface area contributed by atoms with Crippen molar-refractivity contribution in [1.29, 1.82) is 0 Å². The number of thiazole rings is 1. The predicted octanol–water partition coefficient (Wildman–Crippen LogP) is 3.85. The average molecular weight is 261 g/mol. The van der Waals surface area contributed by atoms with E-state index in [-0.39, 0.29) is 0 Å². The molecule has 0 aromatic carbocycles. The molecule has 96 valence electrons. The first kappa shape index (κ1) is 12.9. The van der Waals surface area contributed by atoms with Crippen molar-refractivity contribution in [3.05, 3.63) is 35.5 Å². The van der Waals surface area contributed by atoms with E-state index in [4.69, 9.17) is 0 Å². The maximum Gasteiger partial charge on any atom is 0.183 e. The zero-order chi connectivity index (χ0) is 13.1. The Kier molecular flexibility index (Phi) is 3.87. The second-order valence-electron chi connectivity index (χ2n) is 4.24. The summed E-state index contributed by atoms with van der Waals surface area (Å²) in [6.45, 7) is 11.9. The van der Waals surface area contributed by atoms with Crippen LogP contribution >= 0.6 is 11.3 Å². The Morgan fingerprint density at radius 2 is 2.28 bits per heavy atom. The van der Waals surface area contributed by atoms with Crippen LogP contribution in [-0.4, -0.2) is 16.1 Å². The fourth-order valence-electron chi connectivity index (χ4n) is 2.19. The lowest BCUT2D eigenvalue weighted by Gasteiger charge is -2.04. The number of hydrogen-bond donors (Lipinski definition) is 1. The Hall–Kier alpha value is -1.55. The molecule has 0 aliphatic carbocycles. The molecule has 3 nitrogen and oxygen atoms in total. The summed E-state index contributed by atoms with van der Waals surface area (Å²) >= 11 is 1.64. The lowest BCUT2D eigenvalue weighted by Crippen LogP contribution is -1.99. The average Bonchev–Trinajstić information content (AvgIpc) is 2.92. The Labute approximate surface area is 112 Å². The van der Waals surface area contributed by atoms with Gasteiger partial charge in [0.15, 0.2) is 5.13 Å². The molecule has 0 spiro atoms. The zero-order valence-electron chi connectivity index (χ0n) is 11.2. The van der Waals surface area contributed by atoms with Gasteiger partial charge in [-0.15, -0.1) is 17.9 Å². The number of nitrogens with zero attached hydrogens (tertiary/aromatic N) is 2. The van der Waals surface area contributed by atoms with Gasteiger partial charge in [-0.25, -0.2) is 4.98 Å². The molecular weight excluding hydrogens is 242 g/mol. The number of rotatable bonds is 5. The molecule has 2 rings (SSSR count). The molecule has 0 saturated carbocycles. The van der Waals surface area contributed by atoms with Crippen LogP contribution in [0.5, 0.6) is 0 Å². The summed E-state index contributed by atoms with van der Waals surface area (Å²) in [5.74, 6) is 0. The third-order valence-electron chi connectivity index (χ3n) is 3.07. The minimum Gasteiger partial charge on any atom is -0.358 e. The molecule has 2 heterocycles. The SMILES string of the molecule is C=CCNc1nc(-c2cc(C)n(CC)c2C)cs1.